The number of rotatable bonds is 4. The van der Waals surface area contributed by atoms with Crippen LogP contribution in [0.5, 0.6) is 5.75 Å². The number of hydrogen-bond donors (Lipinski definition) is 0. The molecule has 0 spiro atoms. The molecular formula is C23H22N2O. The molecular weight excluding hydrogens is 320 g/mol. The summed E-state index contributed by atoms with van der Waals surface area (Å²) >= 11 is 0. The minimum Gasteiger partial charge on any atom is -0.489 e. The van der Waals surface area contributed by atoms with Gasteiger partial charge in [0, 0.05) is 17.5 Å². The smallest absolute Gasteiger partial charge is 0.137 e. The predicted octanol–water partition coefficient (Wildman–Crippen LogP) is 5.51. The molecule has 130 valence electrons. The van der Waals surface area contributed by atoms with E-state index in [2.05, 4.69) is 67.8 Å². The lowest BCUT2D eigenvalue weighted by molar-refractivity contribution is 0.304. The molecule has 0 aliphatic heterocycles. The number of hydrogen-bond acceptors (Lipinski definition) is 2. The number of benzene rings is 2. The van der Waals surface area contributed by atoms with Crippen LogP contribution in [0.4, 0.5) is 0 Å². The summed E-state index contributed by atoms with van der Waals surface area (Å²) < 4.78 is 8.12. The van der Waals surface area contributed by atoms with Crippen molar-refractivity contribution in [1.82, 2.24) is 9.38 Å². The summed E-state index contributed by atoms with van der Waals surface area (Å²) in [6, 6.07) is 20.8. The SMILES string of the molecule is Cc1cc(C)n2cc(-c3ccc(OCc4ccccc4)c(C)c3)nc2c1. The van der Waals surface area contributed by atoms with Crippen LogP contribution in [-0.4, -0.2) is 9.38 Å². The second-order valence-corrected chi connectivity index (χ2v) is 6.78. The van der Waals surface area contributed by atoms with E-state index < -0.39 is 0 Å². The fourth-order valence-electron chi connectivity index (χ4n) is 3.27. The minimum atomic E-state index is 0.577. The van der Waals surface area contributed by atoms with Crippen LogP contribution in [0.1, 0.15) is 22.4 Å². The third-order valence-corrected chi connectivity index (χ3v) is 4.61. The van der Waals surface area contributed by atoms with E-state index >= 15 is 0 Å². The molecule has 0 unspecified atom stereocenters. The Bertz CT molecular complexity index is 1060. The quantitative estimate of drug-likeness (QED) is 0.489. The van der Waals surface area contributed by atoms with Crippen LogP contribution in [0.2, 0.25) is 0 Å². The summed E-state index contributed by atoms with van der Waals surface area (Å²) in [4.78, 5) is 4.79. The maximum atomic E-state index is 5.98. The van der Waals surface area contributed by atoms with Crippen molar-refractivity contribution in [1.29, 1.82) is 0 Å². The number of imidazole rings is 1. The van der Waals surface area contributed by atoms with Crippen LogP contribution < -0.4 is 4.74 Å². The van der Waals surface area contributed by atoms with Crippen molar-refractivity contribution in [3.63, 3.8) is 0 Å². The molecule has 0 bridgehead atoms. The van der Waals surface area contributed by atoms with Crippen molar-refractivity contribution in [2.75, 3.05) is 0 Å². The third kappa shape index (κ3) is 3.21. The van der Waals surface area contributed by atoms with Gasteiger partial charge >= 0.3 is 0 Å². The van der Waals surface area contributed by atoms with Crippen molar-refractivity contribution in [2.45, 2.75) is 27.4 Å². The molecule has 2 heterocycles. The van der Waals surface area contributed by atoms with Gasteiger partial charge in [-0.3, -0.25) is 0 Å². The van der Waals surface area contributed by atoms with Gasteiger partial charge in [-0.15, -0.1) is 0 Å². The summed E-state index contributed by atoms with van der Waals surface area (Å²) in [6.07, 6.45) is 2.10. The molecule has 0 amide bonds. The van der Waals surface area contributed by atoms with Gasteiger partial charge in [-0.1, -0.05) is 30.3 Å². The Labute approximate surface area is 153 Å². The monoisotopic (exact) mass is 342 g/mol. The third-order valence-electron chi connectivity index (χ3n) is 4.61. The summed E-state index contributed by atoms with van der Waals surface area (Å²) in [6.45, 7) is 6.87. The van der Waals surface area contributed by atoms with Gasteiger partial charge < -0.3 is 9.14 Å². The van der Waals surface area contributed by atoms with Crippen LogP contribution in [-0.2, 0) is 6.61 Å². The Morgan fingerprint density at radius 1 is 0.923 bits per heavy atom. The highest BCUT2D eigenvalue weighted by Gasteiger charge is 2.09. The van der Waals surface area contributed by atoms with E-state index in [1.54, 1.807) is 0 Å². The molecule has 0 radical (unpaired) electrons. The van der Waals surface area contributed by atoms with E-state index in [9.17, 15) is 0 Å². The van der Waals surface area contributed by atoms with E-state index in [0.717, 1.165) is 28.2 Å². The largest absolute Gasteiger partial charge is 0.489 e. The van der Waals surface area contributed by atoms with Crippen LogP contribution in [0.25, 0.3) is 16.9 Å². The molecule has 0 aliphatic carbocycles. The van der Waals surface area contributed by atoms with Gasteiger partial charge in [0.05, 0.1) is 5.69 Å². The van der Waals surface area contributed by atoms with Crippen LogP contribution in [0, 0.1) is 20.8 Å². The second kappa shape index (κ2) is 6.68. The lowest BCUT2D eigenvalue weighted by Crippen LogP contribution is -1.96. The first-order valence-corrected chi connectivity index (χ1v) is 8.84. The first kappa shape index (κ1) is 16.4. The fraction of sp³-hybridized carbons (Fsp3) is 0.174. The van der Waals surface area contributed by atoms with Crippen molar-refractivity contribution < 1.29 is 4.74 Å². The van der Waals surface area contributed by atoms with Gasteiger partial charge in [0.25, 0.3) is 0 Å². The highest BCUT2D eigenvalue weighted by Crippen LogP contribution is 2.27. The molecule has 4 aromatic rings. The zero-order valence-corrected chi connectivity index (χ0v) is 15.4. The number of nitrogens with zero attached hydrogens (tertiary/aromatic N) is 2. The molecule has 26 heavy (non-hydrogen) atoms. The lowest BCUT2D eigenvalue weighted by Gasteiger charge is -2.10. The predicted molar refractivity (Wildman–Crippen MR) is 106 cm³/mol. The molecule has 4 rings (SSSR count). The average Bonchev–Trinajstić information content (AvgIpc) is 3.06. The second-order valence-electron chi connectivity index (χ2n) is 6.78. The highest BCUT2D eigenvalue weighted by molar-refractivity contribution is 5.65. The van der Waals surface area contributed by atoms with Crippen LogP contribution in [0.3, 0.4) is 0 Å². The van der Waals surface area contributed by atoms with Crippen molar-refractivity contribution in [2.24, 2.45) is 0 Å². The average molecular weight is 342 g/mol. The molecule has 3 heteroatoms. The number of ether oxygens (including phenoxy) is 1. The van der Waals surface area contributed by atoms with E-state index in [4.69, 9.17) is 9.72 Å². The first-order valence-electron chi connectivity index (χ1n) is 8.84. The van der Waals surface area contributed by atoms with E-state index in [1.807, 2.05) is 24.3 Å². The lowest BCUT2D eigenvalue weighted by atomic mass is 10.1. The van der Waals surface area contributed by atoms with Gasteiger partial charge in [0.15, 0.2) is 0 Å². The molecule has 0 saturated carbocycles. The highest BCUT2D eigenvalue weighted by atomic mass is 16.5. The summed E-state index contributed by atoms with van der Waals surface area (Å²) in [7, 11) is 0. The zero-order valence-electron chi connectivity index (χ0n) is 15.4. The molecule has 2 aromatic carbocycles. The summed E-state index contributed by atoms with van der Waals surface area (Å²) in [5.41, 5.74) is 7.78. The normalized spacial score (nSPS) is 11.0. The van der Waals surface area contributed by atoms with Gasteiger partial charge in [0.2, 0.25) is 0 Å². The van der Waals surface area contributed by atoms with Crippen molar-refractivity contribution >= 4 is 5.65 Å². The van der Waals surface area contributed by atoms with Crippen LogP contribution in [0.15, 0.2) is 66.9 Å². The molecule has 0 fully saturated rings. The van der Waals surface area contributed by atoms with Gasteiger partial charge in [-0.2, -0.15) is 0 Å². The number of fused-ring (bicyclic) bond motifs is 1. The van der Waals surface area contributed by atoms with Gasteiger partial charge in [0.1, 0.15) is 18.0 Å². The fourth-order valence-corrected chi connectivity index (χ4v) is 3.27. The topological polar surface area (TPSA) is 26.5 Å². The maximum absolute atomic E-state index is 5.98. The molecule has 0 N–H and O–H groups in total. The Kier molecular flexibility index (Phi) is 4.21. The summed E-state index contributed by atoms with van der Waals surface area (Å²) in [5, 5.41) is 0. The van der Waals surface area contributed by atoms with Crippen molar-refractivity contribution in [3.05, 3.63) is 89.2 Å². The Hall–Kier alpha value is -3.07. The first-order chi connectivity index (χ1) is 12.6. The number of aromatic nitrogens is 2. The molecule has 3 nitrogen and oxygen atoms in total. The van der Waals surface area contributed by atoms with E-state index in [0.29, 0.717) is 6.61 Å². The minimum absolute atomic E-state index is 0.577. The van der Waals surface area contributed by atoms with Crippen LogP contribution >= 0.6 is 0 Å². The molecule has 0 atom stereocenters. The van der Waals surface area contributed by atoms with Gasteiger partial charge in [-0.05, 0) is 67.8 Å². The summed E-state index contributed by atoms with van der Waals surface area (Å²) in [5.74, 6) is 0.911. The van der Waals surface area contributed by atoms with Gasteiger partial charge in [-0.25, -0.2) is 4.98 Å². The Balaban J connectivity index is 1.60. The maximum Gasteiger partial charge on any atom is 0.137 e. The van der Waals surface area contributed by atoms with Crippen molar-refractivity contribution in [3.8, 4) is 17.0 Å². The number of aryl methyl sites for hydroxylation is 3. The van der Waals surface area contributed by atoms with E-state index in [1.165, 1.54) is 16.8 Å². The molecule has 0 aliphatic rings. The molecule has 2 aromatic heterocycles. The number of pyridine rings is 1. The standard InChI is InChI=1S/C23H22N2O/c1-16-11-18(3)25-14-21(24-23(25)12-16)20-9-10-22(17(2)13-20)26-15-19-7-5-4-6-8-19/h4-14H,15H2,1-3H3. The molecule has 0 saturated heterocycles. The van der Waals surface area contributed by atoms with E-state index in [-0.39, 0.29) is 0 Å². The Morgan fingerprint density at radius 2 is 1.73 bits per heavy atom. The zero-order chi connectivity index (χ0) is 18.1. The Morgan fingerprint density at radius 3 is 2.50 bits per heavy atom.